The molecule has 0 unspecified atom stereocenters. The van der Waals surface area contributed by atoms with Crippen LogP contribution in [0.25, 0.3) is 10.9 Å². The zero-order chi connectivity index (χ0) is 17.5. The highest BCUT2D eigenvalue weighted by Crippen LogP contribution is 2.14. The van der Waals surface area contributed by atoms with Gasteiger partial charge in [-0.1, -0.05) is 18.2 Å². The van der Waals surface area contributed by atoms with Crippen molar-refractivity contribution in [3.63, 3.8) is 0 Å². The molecule has 0 bridgehead atoms. The van der Waals surface area contributed by atoms with E-state index in [0.29, 0.717) is 12.1 Å². The lowest BCUT2D eigenvalue weighted by Crippen LogP contribution is -2.45. The number of nitrogens with one attached hydrogen (secondary N) is 3. The summed E-state index contributed by atoms with van der Waals surface area (Å²) in [6.07, 6.45) is 0. The zero-order valence-corrected chi connectivity index (χ0v) is 15.6. The van der Waals surface area contributed by atoms with Crippen molar-refractivity contribution in [1.82, 2.24) is 20.5 Å². The van der Waals surface area contributed by atoms with Crippen molar-refractivity contribution in [2.75, 3.05) is 20.1 Å². The lowest BCUT2D eigenvalue weighted by Gasteiger charge is -2.30. The Morgan fingerprint density at radius 3 is 2.46 bits per heavy atom. The SMILES string of the molecule is CN=C(NCCN(C(C)C)C(C)C)NCc1cc2ccccc2[nH]1. The van der Waals surface area contributed by atoms with Gasteiger partial charge in [0.1, 0.15) is 0 Å². The number of benzene rings is 1. The smallest absolute Gasteiger partial charge is 0.191 e. The molecule has 0 aliphatic carbocycles. The number of nitrogens with zero attached hydrogens (tertiary/aromatic N) is 2. The summed E-state index contributed by atoms with van der Waals surface area (Å²) in [6.45, 7) is 11.6. The van der Waals surface area contributed by atoms with Gasteiger partial charge in [-0.3, -0.25) is 9.89 Å². The molecule has 0 amide bonds. The lowest BCUT2D eigenvalue weighted by atomic mass is 10.2. The molecule has 0 fully saturated rings. The van der Waals surface area contributed by atoms with Crippen LogP contribution in [0.3, 0.4) is 0 Å². The molecule has 5 nitrogen and oxygen atoms in total. The summed E-state index contributed by atoms with van der Waals surface area (Å²) in [5, 5.41) is 8.00. The van der Waals surface area contributed by atoms with Crippen LogP contribution in [0.2, 0.25) is 0 Å². The monoisotopic (exact) mass is 329 g/mol. The van der Waals surface area contributed by atoms with Gasteiger partial charge in [-0.25, -0.2) is 0 Å². The van der Waals surface area contributed by atoms with Crippen molar-refractivity contribution in [3.8, 4) is 0 Å². The van der Waals surface area contributed by atoms with Crippen molar-refractivity contribution in [2.24, 2.45) is 4.99 Å². The van der Waals surface area contributed by atoms with Crippen molar-refractivity contribution in [3.05, 3.63) is 36.0 Å². The maximum atomic E-state index is 4.31. The quantitative estimate of drug-likeness (QED) is 0.541. The van der Waals surface area contributed by atoms with Crippen LogP contribution in [-0.2, 0) is 6.54 Å². The fraction of sp³-hybridized carbons (Fsp3) is 0.526. The Balaban J connectivity index is 1.82. The van der Waals surface area contributed by atoms with Gasteiger partial charge in [0.2, 0.25) is 0 Å². The third-order valence-corrected chi connectivity index (χ3v) is 4.24. The summed E-state index contributed by atoms with van der Waals surface area (Å²) in [7, 11) is 1.81. The van der Waals surface area contributed by atoms with Gasteiger partial charge in [0.25, 0.3) is 0 Å². The number of aliphatic imine (C=N–C) groups is 1. The Bertz CT molecular complexity index is 616. The number of hydrogen-bond donors (Lipinski definition) is 3. The van der Waals surface area contributed by atoms with E-state index in [1.165, 1.54) is 10.9 Å². The zero-order valence-electron chi connectivity index (χ0n) is 15.6. The minimum atomic E-state index is 0.549. The van der Waals surface area contributed by atoms with Crippen LogP contribution in [-0.4, -0.2) is 48.1 Å². The second-order valence-corrected chi connectivity index (χ2v) is 6.66. The second kappa shape index (κ2) is 8.73. The third-order valence-electron chi connectivity index (χ3n) is 4.24. The molecule has 5 heteroatoms. The van der Waals surface area contributed by atoms with E-state index in [0.717, 1.165) is 31.3 Å². The molecule has 0 atom stereocenters. The highest BCUT2D eigenvalue weighted by molar-refractivity contribution is 5.81. The van der Waals surface area contributed by atoms with Crippen LogP contribution in [0.15, 0.2) is 35.3 Å². The highest BCUT2D eigenvalue weighted by atomic mass is 15.2. The molecule has 0 aliphatic heterocycles. The minimum Gasteiger partial charge on any atom is -0.357 e. The lowest BCUT2D eigenvalue weighted by molar-refractivity contribution is 0.178. The van der Waals surface area contributed by atoms with Crippen molar-refractivity contribution < 1.29 is 0 Å². The van der Waals surface area contributed by atoms with E-state index in [2.05, 4.69) is 77.5 Å². The number of rotatable bonds is 7. The van der Waals surface area contributed by atoms with Crippen LogP contribution in [0.4, 0.5) is 0 Å². The number of guanidine groups is 1. The van der Waals surface area contributed by atoms with Crippen molar-refractivity contribution in [2.45, 2.75) is 46.3 Å². The van der Waals surface area contributed by atoms with Gasteiger partial charge in [0.05, 0.1) is 6.54 Å². The summed E-state index contributed by atoms with van der Waals surface area (Å²) >= 11 is 0. The molecule has 0 saturated heterocycles. The predicted molar refractivity (Wildman–Crippen MR) is 103 cm³/mol. The third kappa shape index (κ3) is 4.99. The Morgan fingerprint density at radius 2 is 1.83 bits per heavy atom. The van der Waals surface area contributed by atoms with Gasteiger partial charge in [0, 0.05) is 43.4 Å². The molecule has 2 rings (SSSR count). The number of aromatic nitrogens is 1. The summed E-state index contributed by atoms with van der Waals surface area (Å²) in [4.78, 5) is 10.2. The molecule has 1 aromatic heterocycles. The first-order valence-electron chi connectivity index (χ1n) is 8.78. The van der Waals surface area contributed by atoms with Gasteiger partial charge in [-0.15, -0.1) is 0 Å². The van der Waals surface area contributed by atoms with Crippen LogP contribution < -0.4 is 10.6 Å². The second-order valence-electron chi connectivity index (χ2n) is 6.66. The Labute approximate surface area is 145 Å². The molecular formula is C19H31N5. The van der Waals surface area contributed by atoms with E-state index in [-0.39, 0.29) is 0 Å². The van der Waals surface area contributed by atoms with E-state index in [9.17, 15) is 0 Å². The molecule has 2 aromatic rings. The van der Waals surface area contributed by atoms with Crippen LogP contribution in [0.5, 0.6) is 0 Å². The van der Waals surface area contributed by atoms with E-state index in [4.69, 9.17) is 0 Å². The van der Waals surface area contributed by atoms with Crippen LogP contribution in [0.1, 0.15) is 33.4 Å². The number of H-pyrrole nitrogens is 1. The first kappa shape index (κ1) is 18.3. The fourth-order valence-corrected chi connectivity index (χ4v) is 3.04. The molecule has 0 spiro atoms. The van der Waals surface area contributed by atoms with Gasteiger partial charge in [0.15, 0.2) is 5.96 Å². The number of aromatic amines is 1. The maximum Gasteiger partial charge on any atom is 0.191 e. The van der Waals surface area contributed by atoms with Gasteiger partial charge in [-0.2, -0.15) is 0 Å². The average molecular weight is 329 g/mol. The standard InChI is InChI=1S/C19H31N5/c1-14(2)24(15(3)4)11-10-21-19(20-5)22-13-17-12-16-8-6-7-9-18(16)23-17/h6-9,12,14-15,23H,10-11,13H2,1-5H3,(H2,20,21,22). The van der Waals surface area contributed by atoms with E-state index >= 15 is 0 Å². The molecule has 132 valence electrons. The molecule has 24 heavy (non-hydrogen) atoms. The Kier molecular flexibility index (Phi) is 6.67. The Morgan fingerprint density at radius 1 is 1.12 bits per heavy atom. The molecule has 3 N–H and O–H groups in total. The number of para-hydroxylation sites is 1. The Hall–Kier alpha value is -2.01. The molecular weight excluding hydrogens is 298 g/mol. The molecule has 0 radical (unpaired) electrons. The molecule has 0 saturated carbocycles. The highest BCUT2D eigenvalue weighted by Gasteiger charge is 2.12. The summed E-state index contributed by atoms with van der Waals surface area (Å²) in [5.41, 5.74) is 2.33. The molecule has 1 heterocycles. The minimum absolute atomic E-state index is 0.549. The van der Waals surface area contributed by atoms with Crippen LogP contribution in [0, 0.1) is 0 Å². The summed E-state index contributed by atoms with van der Waals surface area (Å²) < 4.78 is 0. The summed E-state index contributed by atoms with van der Waals surface area (Å²) in [6, 6.07) is 11.6. The maximum absolute atomic E-state index is 4.31. The van der Waals surface area contributed by atoms with E-state index in [1.54, 1.807) is 0 Å². The first-order valence-corrected chi connectivity index (χ1v) is 8.78. The largest absolute Gasteiger partial charge is 0.357 e. The summed E-state index contributed by atoms with van der Waals surface area (Å²) in [5.74, 6) is 0.834. The van der Waals surface area contributed by atoms with Crippen molar-refractivity contribution in [1.29, 1.82) is 0 Å². The first-order chi connectivity index (χ1) is 11.5. The average Bonchev–Trinajstić information content (AvgIpc) is 2.96. The fourth-order valence-electron chi connectivity index (χ4n) is 3.04. The molecule has 1 aromatic carbocycles. The van der Waals surface area contributed by atoms with Gasteiger partial charge >= 0.3 is 0 Å². The van der Waals surface area contributed by atoms with E-state index < -0.39 is 0 Å². The van der Waals surface area contributed by atoms with Crippen molar-refractivity contribution >= 4 is 16.9 Å². The normalized spacial score (nSPS) is 12.6. The number of fused-ring (bicyclic) bond motifs is 1. The van der Waals surface area contributed by atoms with Crippen LogP contribution >= 0.6 is 0 Å². The number of hydrogen-bond acceptors (Lipinski definition) is 2. The van der Waals surface area contributed by atoms with Gasteiger partial charge < -0.3 is 15.6 Å². The van der Waals surface area contributed by atoms with Gasteiger partial charge in [-0.05, 0) is 45.2 Å². The molecule has 0 aliphatic rings. The topological polar surface area (TPSA) is 55.5 Å². The van der Waals surface area contributed by atoms with E-state index in [1.807, 2.05) is 13.1 Å². The predicted octanol–water partition coefficient (Wildman–Crippen LogP) is 2.95.